The van der Waals surface area contributed by atoms with Crippen molar-refractivity contribution < 1.29 is 9.53 Å². The average Bonchev–Trinajstić information content (AvgIpc) is 2.55. The van der Waals surface area contributed by atoms with E-state index >= 15 is 0 Å². The second-order valence-corrected chi connectivity index (χ2v) is 5.79. The highest BCUT2D eigenvalue weighted by Gasteiger charge is 2.17. The lowest BCUT2D eigenvalue weighted by Gasteiger charge is -2.20. The van der Waals surface area contributed by atoms with Crippen LogP contribution in [0, 0.1) is 0 Å². The molecule has 0 heterocycles. The SMILES string of the molecule is COc1ccccc1NC(=O)[C@@H](C)N[C@@H](C)c1cccc(Cl)c1. The molecule has 0 radical (unpaired) electrons. The molecule has 2 atom stereocenters. The monoisotopic (exact) mass is 332 g/mol. The molecule has 0 aromatic heterocycles. The smallest absolute Gasteiger partial charge is 0.241 e. The summed E-state index contributed by atoms with van der Waals surface area (Å²) in [5.74, 6) is 0.513. The molecule has 2 rings (SSSR count). The predicted octanol–water partition coefficient (Wildman–Crippen LogP) is 4.03. The number of para-hydroxylation sites is 2. The van der Waals surface area contributed by atoms with Crippen molar-refractivity contribution in [2.24, 2.45) is 0 Å². The summed E-state index contributed by atoms with van der Waals surface area (Å²) in [6, 6.07) is 14.6. The number of rotatable bonds is 6. The van der Waals surface area contributed by atoms with Gasteiger partial charge in [0.15, 0.2) is 0 Å². The third-order valence-corrected chi connectivity index (χ3v) is 3.84. The molecule has 0 spiro atoms. The van der Waals surface area contributed by atoms with E-state index < -0.39 is 0 Å². The van der Waals surface area contributed by atoms with Gasteiger partial charge in [0.1, 0.15) is 5.75 Å². The van der Waals surface area contributed by atoms with Crippen LogP contribution in [0.4, 0.5) is 5.69 Å². The van der Waals surface area contributed by atoms with E-state index in [1.165, 1.54) is 0 Å². The molecule has 0 fully saturated rings. The maximum absolute atomic E-state index is 12.4. The van der Waals surface area contributed by atoms with Gasteiger partial charge in [-0.1, -0.05) is 35.9 Å². The van der Waals surface area contributed by atoms with Crippen LogP contribution >= 0.6 is 11.6 Å². The minimum Gasteiger partial charge on any atom is -0.495 e. The Balaban J connectivity index is 1.99. The first kappa shape index (κ1) is 17.3. The molecule has 0 aliphatic carbocycles. The molecular weight excluding hydrogens is 312 g/mol. The minimum absolute atomic E-state index is 0.00659. The highest BCUT2D eigenvalue weighted by atomic mass is 35.5. The van der Waals surface area contributed by atoms with Crippen molar-refractivity contribution >= 4 is 23.2 Å². The van der Waals surface area contributed by atoms with Gasteiger partial charge in [0.25, 0.3) is 0 Å². The van der Waals surface area contributed by atoms with Gasteiger partial charge in [0.2, 0.25) is 5.91 Å². The Morgan fingerprint density at radius 2 is 1.87 bits per heavy atom. The summed E-state index contributed by atoms with van der Waals surface area (Å²) in [6.07, 6.45) is 0. The molecule has 4 nitrogen and oxygen atoms in total. The summed E-state index contributed by atoms with van der Waals surface area (Å²) in [5, 5.41) is 6.83. The molecule has 2 N–H and O–H groups in total. The number of carbonyl (C=O) groups is 1. The number of nitrogens with one attached hydrogen (secondary N) is 2. The molecular formula is C18H21ClN2O2. The Labute approximate surface area is 141 Å². The topological polar surface area (TPSA) is 50.4 Å². The van der Waals surface area contributed by atoms with E-state index in [9.17, 15) is 4.79 Å². The first-order chi connectivity index (χ1) is 11.0. The fourth-order valence-electron chi connectivity index (χ4n) is 2.31. The van der Waals surface area contributed by atoms with Crippen molar-refractivity contribution in [1.82, 2.24) is 5.32 Å². The number of carbonyl (C=O) groups excluding carboxylic acids is 1. The normalized spacial score (nSPS) is 13.2. The summed E-state index contributed by atoms with van der Waals surface area (Å²) in [4.78, 5) is 12.4. The van der Waals surface area contributed by atoms with Crippen LogP contribution in [0.2, 0.25) is 5.02 Å². The Kier molecular flexibility index (Phi) is 6.02. The second-order valence-electron chi connectivity index (χ2n) is 5.35. The summed E-state index contributed by atoms with van der Waals surface area (Å²) in [7, 11) is 1.58. The van der Waals surface area contributed by atoms with E-state index in [2.05, 4.69) is 10.6 Å². The number of methoxy groups -OCH3 is 1. The summed E-state index contributed by atoms with van der Waals surface area (Å²) in [5.41, 5.74) is 1.69. The fourth-order valence-corrected chi connectivity index (χ4v) is 2.51. The molecule has 2 aromatic carbocycles. The lowest BCUT2D eigenvalue weighted by Crippen LogP contribution is -2.39. The van der Waals surface area contributed by atoms with Crippen molar-refractivity contribution in [1.29, 1.82) is 0 Å². The standard InChI is InChI=1S/C18H21ClN2O2/c1-12(14-7-6-8-15(19)11-14)20-13(2)18(22)21-16-9-4-5-10-17(16)23-3/h4-13,20H,1-3H3,(H,21,22)/t12-,13+/m0/s1. The molecule has 23 heavy (non-hydrogen) atoms. The van der Waals surface area contributed by atoms with Crippen LogP contribution in [0.25, 0.3) is 0 Å². The van der Waals surface area contributed by atoms with Crippen LogP contribution in [-0.2, 0) is 4.79 Å². The Morgan fingerprint density at radius 1 is 1.13 bits per heavy atom. The van der Waals surface area contributed by atoms with Gasteiger partial charge >= 0.3 is 0 Å². The van der Waals surface area contributed by atoms with Crippen molar-refractivity contribution in [3.63, 3.8) is 0 Å². The van der Waals surface area contributed by atoms with Crippen LogP contribution in [-0.4, -0.2) is 19.1 Å². The number of hydrogen-bond donors (Lipinski definition) is 2. The number of halogens is 1. The lowest BCUT2D eigenvalue weighted by atomic mass is 10.1. The Bertz CT molecular complexity index is 676. The fraction of sp³-hybridized carbons (Fsp3) is 0.278. The van der Waals surface area contributed by atoms with E-state index in [0.717, 1.165) is 5.56 Å². The van der Waals surface area contributed by atoms with Crippen LogP contribution in [0.1, 0.15) is 25.5 Å². The quantitative estimate of drug-likeness (QED) is 0.839. The molecule has 0 bridgehead atoms. The number of amides is 1. The van der Waals surface area contributed by atoms with Gasteiger partial charge in [-0.25, -0.2) is 0 Å². The first-order valence-electron chi connectivity index (χ1n) is 7.46. The van der Waals surface area contributed by atoms with Crippen molar-refractivity contribution in [2.75, 3.05) is 12.4 Å². The van der Waals surface area contributed by atoms with E-state index in [1.807, 2.05) is 62.4 Å². The van der Waals surface area contributed by atoms with Gasteiger partial charge in [0, 0.05) is 11.1 Å². The number of ether oxygens (including phenoxy) is 1. The average molecular weight is 333 g/mol. The van der Waals surface area contributed by atoms with Crippen molar-refractivity contribution in [3.8, 4) is 5.75 Å². The zero-order chi connectivity index (χ0) is 16.8. The number of anilines is 1. The Morgan fingerprint density at radius 3 is 2.57 bits per heavy atom. The van der Waals surface area contributed by atoms with Gasteiger partial charge in [-0.2, -0.15) is 0 Å². The zero-order valence-electron chi connectivity index (χ0n) is 13.5. The molecule has 5 heteroatoms. The van der Waals surface area contributed by atoms with Crippen LogP contribution in [0.15, 0.2) is 48.5 Å². The van der Waals surface area contributed by atoms with Crippen molar-refractivity contribution in [3.05, 3.63) is 59.1 Å². The number of hydrogen-bond acceptors (Lipinski definition) is 3. The Hall–Kier alpha value is -2.04. The van der Waals surface area contributed by atoms with Gasteiger partial charge in [0.05, 0.1) is 18.8 Å². The maximum Gasteiger partial charge on any atom is 0.241 e. The van der Waals surface area contributed by atoms with Gasteiger partial charge in [-0.05, 0) is 43.7 Å². The third kappa shape index (κ3) is 4.71. The second kappa shape index (κ2) is 7.99. The molecule has 0 aliphatic heterocycles. The summed E-state index contributed by atoms with van der Waals surface area (Å²) < 4.78 is 5.24. The van der Waals surface area contributed by atoms with Crippen LogP contribution in [0.3, 0.4) is 0 Å². The van der Waals surface area contributed by atoms with Crippen LogP contribution in [0.5, 0.6) is 5.75 Å². The molecule has 122 valence electrons. The molecule has 0 saturated heterocycles. The minimum atomic E-state index is -0.367. The lowest BCUT2D eigenvalue weighted by molar-refractivity contribution is -0.117. The predicted molar refractivity (Wildman–Crippen MR) is 94.1 cm³/mol. The van der Waals surface area contributed by atoms with E-state index in [0.29, 0.717) is 16.5 Å². The molecule has 2 aromatic rings. The van der Waals surface area contributed by atoms with E-state index in [1.54, 1.807) is 7.11 Å². The van der Waals surface area contributed by atoms with Gasteiger partial charge in [-0.15, -0.1) is 0 Å². The van der Waals surface area contributed by atoms with E-state index in [4.69, 9.17) is 16.3 Å². The summed E-state index contributed by atoms with van der Waals surface area (Å²) in [6.45, 7) is 3.82. The molecule has 1 amide bonds. The highest BCUT2D eigenvalue weighted by molar-refractivity contribution is 6.30. The number of benzene rings is 2. The maximum atomic E-state index is 12.4. The first-order valence-corrected chi connectivity index (χ1v) is 7.84. The van der Waals surface area contributed by atoms with Gasteiger partial charge < -0.3 is 10.1 Å². The largest absolute Gasteiger partial charge is 0.495 e. The summed E-state index contributed by atoms with van der Waals surface area (Å²) >= 11 is 6.01. The van der Waals surface area contributed by atoms with Gasteiger partial charge in [-0.3, -0.25) is 10.1 Å². The van der Waals surface area contributed by atoms with E-state index in [-0.39, 0.29) is 18.0 Å². The van der Waals surface area contributed by atoms with Crippen molar-refractivity contribution in [2.45, 2.75) is 25.9 Å². The molecule has 0 saturated carbocycles. The molecule has 0 unspecified atom stereocenters. The molecule has 0 aliphatic rings. The zero-order valence-corrected chi connectivity index (χ0v) is 14.2. The van der Waals surface area contributed by atoms with Crippen LogP contribution < -0.4 is 15.4 Å². The third-order valence-electron chi connectivity index (χ3n) is 3.61. The highest BCUT2D eigenvalue weighted by Crippen LogP contribution is 2.23.